The number of anilines is 1. The normalized spacial score (nSPS) is 17.3. The molecule has 1 saturated heterocycles. The molecule has 3 rings (SSSR count). The number of ether oxygens (including phenoxy) is 1. The van der Waals surface area contributed by atoms with Crippen LogP contribution in [-0.2, 0) is 14.3 Å². The summed E-state index contributed by atoms with van der Waals surface area (Å²) in [6, 6.07) is 14.1. The van der Waals surface area contributed by atoms with Gasteiger partial charge in [-0.3, -0.25) is 14.5 Å². The summed E-state index contributed by atoms with van der Waals surface area (Å²) in [6.45, 7) is 4.01. The van der Waals surface area contributed by atoms with Gasteiger partial charge in [-0.15, -0.1) is 0 Å². The number of hydrogen-bond donors (Lipinski definition) is 1. The number of benzene rings is 2. The number of aliphatic imine (C=N–C) groups is 1. The number of amidine groups is 1. The van der Waals surface area contributed by atoms with E-state index in [-0.39, 0.29) is 24.2 Å². The monoisotopic (exact) mass is 425 g/mol. The van der Waals surface area contributed by atoms with Gasteiger partial charge in [0.25, 0.3) is 0 Å². The predicted molar refractivity (Wildman–Crippen MR) is 118 cm³/mol. The standard InChI is InChI=1S/C22H23N3O4S/c1-4-29-21(28)15-8-10-16(11-9-15)24-22-25(3)20(27)18(30-22)13-19(26)23-17-7-5-6-14(2)12-17/h5-12,18H,4,13H2,1-3H3,(H,23,26)/t18-/m1/s1. The Balaban J connectivity index is 1.65. The van der Waals surface area contributed by atoms with Gasteiger partial charge in [-0.25, -0.2) is 9.79 Å². The Morgan fingerprint density at radius 3 is 2.60 bits per heavy atom. The number of carbonyl (C=O) groups is 3. The predicted octanol–water partition coefficient (Wildman–Crippen LogP) is 3.76. The zero-order chi connectivity index (χ0) is 21.7. The first kappa shape index (κ1) is 21.6. The van der Waals surface area contributed by atoms with Gasteiger partial charge in [0.15, 0.2) is 5.17 Å². The molecule has 156 valence electrons. The van der Waals surface area contributed by atoms with Crippen molar-refractivity contribution < 1.29 is 19.1 Å². The zero-order valence-electron chi connectivity index (χ0n) is 17.0. The van der Waals surface area contributed by atoms with E-state index in [9.17, 15) is 14.4 Å². The van der Waals surface area contributed by atoms with E-state index in [1.807, 2.05) is 31.2 Å². The van der Waals surface area contributed by atoms with Crippen molar-refractivity contribution in [3.05, 3.63) is 59.7 Å². The van der Waals surface area contributed by atoms with Gasteiger partial charge in [0.05, 0.1) is 17.9 Å². The lowest BCUT2D eigenvalue weighted by atomic mass is 10.2. The van der Waals surface area contributed by atoms with Gasteiger partial charge in [-0.1, -0.05) is 23.9 Å². The Hall–Kier alpha value is -3.13. The molecule has 0 aliphatic carbocycles. The SMILES string of the molecule is CCOC(=O)c1ccc(N=C2S[C@H](CC(=O)Nc3cccc(C)c3)C(=O)N2C)cc1. The number of aryl methyl sites for hydroxylation is 1. The minimum absolute atomic E-state index is 0.0581. The van der Waals surface area contributed by atoms with Crippen molar-refractivity contribution in [1.29, 1.82) is 0 Å². The Labute approximate surface area is 179 Å². The third-order valence-electron chi connectivity index (χ3n) is 4.42. The molecule has 1 heterocycles. The fourth-order valence-electron chi connectivity index (χ4n) is 2.90. The van der Waals surface area contributed by atoms with Crippen molar-refractivity contribution in [1.82, 2.24) is 4.90 Å². The van der Waals surface area contributed by atoms with Crippen LogP contribution in [0.5, 0.6) is 0 Å². The third-order valence-corrected chi connectivity index (χ3v) is 5.65. The molecule has 2 aromatic rings. The van der Waals surface area contributed by atoms with Gasteiger partial charge in [-0.05, 0) is 55.8 Å². The Morgan fingerprint density at radius 2 is 1.93 bits per heavy atom. The second kappa shape index (κ2) is 9.58. The van der Waals surface area contributed by atoms with Crippen LogP contribution in [0.4, 0.5) is 11.4 Å². The highest BCUT2D eigenvalue weighted by atomic mass is 32.2. The highest BCUT2D eigenvalue weighted by molar-refractivity contribution is 8.15. The summed E-state index contributed by atoms with van der Waals surface area (Å²) in [6.07, 6.45) is 0.0581. The topological polar surface area (TPSA) is 88.1 Å². The van der Waals surface area contributed by atoms with E-state index in [0.29, 0.717) is 28.7 Å². The molecule has 1 fully saturated rings. The largest absolute Gasteiger partial charge is 0.462 e. The number of carbonyl (C=O) groups excluding carboxylic acids is 3. The number of thioether (sulfide) groups is 1. The maximum absolute atomic E-state index is 12.5. The molecular weight excluding hydrogens is 402 g/mol. The van der Waals surface area contributed by atoms with E-state index in [4.69, 9.17) is 4.74 Å². The van der Waals surface area contributed by atoms with Crippen molar-refractivity contribution in [3.8, 4) is 0 Å². The Bertz CT molecular complexity index is 988. The van der Waals surface area contributed by atoms with E-state index in [2.05, 4.69) is 10.3 Å². The van der Waals surface area contributed by atoms with E-state index >= 15 is 0 Å². The van der Waals surface area contributed by atoms with Crippen LogP contribution < -0.4 is 5.32 Å². The van der Waals surface area contributed by atoms with Crippen molar-refractivity contribution in [2.45, 2.75) is 25.5 Å². The van der Waals surface area contributed by atoms with Crippen LogP contribution >= 0.6 is 11.8 Å². The number of rotatable bonds is 6. The molecule has 0 spiro atoms. The molecule has 1 N–H and O–H groups in total. The van der Waals surface area contributed by atoms with Crippen LogP contribution in [0.1, 0.15) is 29.3 Å². The van der Waals surface area contributed by atoms with Crippen LogP contribution in [0.25, 0.3) is 0 Å². The highest BCUT2D eigenvalue weighted by Crippen LogP contribution is 2.31. The molecule has 1 aliphatic rings. The van der Waals surface area contributed by atoms with Gasteiger partial charge in [-0.2, -0.15) is 0 Å². The summed E-state index contributed by atoms with van der Waals surface area (Å²) in [5, 5.41) is 2.81. The summed E-state index contributed by atoms with van der Waals surface area (Å²) in [4.78, 5) is 42.6. The van der Waals surface area contributed by atoms with E-state index in [0.717, 1.165) is 5.56 Å². The van der Waals surface area contributed by atoms with Gasteiger partial charge in [0.1, 0.15) is 5.25 Å². The molecule has 2 aromatic carbocycles. The van der Waals surface area contributed by atoms with Gasteiger partial charge >= 0.3 is 5.97 Å². The lowest BCUT2D eigenvalue weighted by molar-refractivity contribution is -0.127. The number of nitrogens with zero attached hydrogens (tertiary/aromatic N) is 2. The first-order valence-corrected chi connectivity index (χ1v) is 10.4. The summed E-state index contributed by atoms with van der Waals surface area (Å²) in [5.74, 6) is -0.778. The maximum atomic E-state index is 12.5. The van der Waals surface area contributed by atoms with E-state index in [1.54, 1.807) is 38.2 Å². The molecule has 1 aliphatic heterocycles. The molecule has 30 heavy (non-hydrogen) atoms. The second-order valence-corrected chi connectivity index (χ2v) is 7.96. The lowest BCUT2D eigenvalue weighted by Gasteiger charge is -2.09. The molecular formula is C22H23N3O4S. The summed E-state index contributed by atoms with van der Waals surface area (Å²) in [7, 11) is 1.64. The third kappa shape index (κ3) is 5.27. The minimum atomic E-state index is -0.530. The quantitative estimate of drug-likeness (QED) is 0.712. The zero-order valence-corrected chi connectivity index (χ0v) is 17.9. The average Bonchev–Trinajstić information content (AvgIpc) is 2.96. The molecule has 0 aromatic heterocycles. The molecule has 0 bridgehead atoms. The average molecular weight is 426 g/mol. The van der Waals surface area contributed by atoms with Crippen LogP contribution in [0.2, 0.25) is 0 Å². The van der Waals surface area contributed by atoms with Gasteiger partial charge in [0.2, 0.25) is 11.8 Å². The summed E-state index contributed by atoms with van der Waals surface area (Å²) < 4.78 is 4.96. The number of nitrogens with one attached hydrogen (secondary N) is 1. The molecule has 8 heteroatoms. The van der Waals surface area contributed by atoms with Crippen molar-refractivity contribution >= 4 is 46.1 Å². The van der Waals surface area contributed by atoms with Crippen LogP contribution in [0.15, 0.2) is 53.5 Å². The number of hydrogen-bond acceptors (Lipinski definition) is 6. The fraction of sp³-hybridized carbons (Fsp3) is 0.273. The van der Waals surface area contributed by atoms with Crippen molar-refractivity contribution in [2.24, 2.45) is 4.99 Å². The number of amides is 2. The fourth-order valence-corrected chi connectivity index (χ4v) is 4.05. The summed E-state index contributed by atoms with van der Waals surface area (Å²) in [5.41, 5.74) is 2.80. The van der Waals surface area contributed by atoms with Crippen molar-refractivity contribution in [3.63, 3.8) is 0 Å². The molecule has 2 amide bonds. The molecule has 0 radical (unpaired) electrons. The van der Waals surface area contributed by atoms with Crippen LogP contribution in [0, 0.1) is 6.92 Å². The maximum Gasteiger partial charge on any atom is 0.338 e. The van der Waals surface area contributed by atoms with Crippen LogP contribution in [0.3, 0.4) is 0 Å². The Morgan fingerprint density at radius 1 is 1.20 bits per heavy atom. The number of esters is 1. The molecule has 1 atom stereocenters. The van der Waals surface area contributed by atoms with Gasteiger partial charge in [0, 0.05) is 19.2 Å². The Kier molecular flexibility index (Phi) is 6.89. The highest BCUT2D eigenvalue weighted by Gasteiger charge is 2.37. The first-order chi connectivity index (χ1) is 14.4. The molecule has 7 nitrogen and oxygen atoms in total. The minimum Gasteiger partial charge on any atom is -0.462 e. The molecule has 0 saturated carbocycles. The van der Waals surface area contributed by atoms with E-state index in [1.165, 1.54) is 16.7 Å². The van der Waals surface area contributed by atoms with Gasteiger partial charge < -0.3 is 10.1 Å². The molecule has 0 unspecified atom stereocenters. The lowest BCUT2D eigenvalue weighted by Crippen LogP contribution is -2.30. The van der Waals surface area contributed by atoms with Crippen LogP contribution in [-0.4, -0.2) is 46.8 Å². The van der Waals surface area contributed by atoms with Crippen molar-refractivity contribution in [2.75, 3.05) is 19.0 Å². The smallest absolute Gasteiger partial charge is 0.338 e. The first-order valence-electron chi connectivity index (χ1n) is 9.54. The summed E-state index contributed by atoms with van der Waals surface area (Å²) >= 11 is 1.26. The van der Waals surface area contributed by atoms with E-state index < -0.39 is 5.25 Å². The second-order valence-electron chi connectivity index (χ2n) is 6.79.